The summed E-state index contributed by atoms with van der Waals surface area (Å²) < 4.78 is 0. The van der Waals surface area contributed by atoms with Gasteiger partial charge in [0.05, 0.1) is 5.69 Å². The van der Waals surface area contributed by atoms with Gasteiger partial charge in [-0.15, -0.1) is 0 Å². The van der Waals surface area contributed by atoms with Crippen LogP contribution in [0.1, 0.15) is 47.2 Å². The van der Waals surface area contributed by atoms with E-state index < -0.39 is 22.8 Å². The molecule has 1 unspecified atom stereocenters. The number of carbonyl (C=O) groups is 1. The Balaban J connectivity index is 1.88. The monoisotopic (exact) mass is 340 g/mol. The van der Waals surface area contributed by atoms with Gasteiger partial charge in [0, 0.05) is 29.9 Å². The Hall–Kier alpha value is -2.76. The van der Waals surface area contributed by atoms with E-state index in [1.54, 1.807) is 0 Å². The average molecular weight is 340 g/mol. The van der Waals surface area contributed by atoms with E-state index in [0.29, 0.717) is 17.7 Å². The van der Waals surface area contributed by atoms with E-state index in [2.05, 4.69) is 16.0 Å². The summed E-state index contributed by atoms with van der Waals surface area (Å²) in [7, 11) is 0. The standard InChI is InChI=1S/C19H20N2O4/c1-10-8-11-9-12(21-6-2-3-7-21)4-5-13(11)16-14(10)17(22)15(19(24)25)18(23)20-16/h4-5,9-10H,2-3,6-8H2,1H3,(H,24,25)(H2,20,22,23). The first-order valence-corrected chi connectivity index (χ1v) is 8.58. The minimum atomic E-state index is -1.41. The maximum absolute atomic E-state index is 12.1. The second-order valence-electron chi connectivity index (χ2n) is 6.91. The van der Waals surface area contributed by atoms with Crippen LogP contribution in [0, 0.1) is 0 Å². The molecule has 6 heteroatoms. The molecular formula is C19H20N2O4. The maximum atomic E-state index is 12.1. The molecule has 1 saturated heterocycles. The molecular weight excluding hydrogens is 320 g/mol. The Morgan fingerprint density at radius 1 is 1.28 bits per heavy atom. The van der Waals surface area contributed by atoms with Gasteiger partial charge in [0.15, 0.2) is 5.56 Å². The Morgan fingerprint density at radius 3 is 2.68 bits per heavy atom. The molecule has 1 fully saturated rings. The number of aromatic amines is 1. The molecule has 25 heavy (non-hydrogen) atoms. The summed E-state index contributed by atoms with van der Waals surface area (Å²) in [4.78, 5) is 28.5. The third kappa shape index (κ3) is 2.40. The highest BCUT2D eigenvalue weighted by Crippen LogP contribution is 2.43. The molecule has 6 nitrogen and oxygen atoms in total. The van der Waals surface area contributed by atoms with Crippen LogP contribution in [0.3, 0.4) is 0 Å². The summed E-state index contributed by atoms with van der Waals surface area (Å²) in [5.74, 6) is -1.90. The largest absolute Gasteiger partial charge is 0.506 e. The number of benzene rings is 1. The molecule has 1 aliphatic heterocycles. The van der Waals surface area contributed by atoms with E-state index in [1.165, 1.54) is 18.5 Å². The van der Waals surface area contributed by atoms with Crippen LogP contribution in [0.5, 0.6) is 5.75 Å². The molecule has 0 bridgehead atoms. The summed E-state index contributed by atoms with van der Waals surface area (Å²) in [5.41, 5.74) is 2.85. The number of hydrogen-bond donors (Lipinski definition) is 3. The van der Waals surface area contributed by atoms with E-state index in [4.69, 9.17) is 0 Å². The molecule has 2 heterocycles. The number of nitrogens with one attached hydrogen (secondary N) is 1. The van der Waals surface area contributed by atoms with Crippen molar-refractivity contribution < 1.29 is 15.0 Å². The van der Waals surface area contributed by atoms with Crippen LogP contribution in [0.2, 0.25) is 0 Å². The molecule has 1 atom stereocenters. The molecule has 2 aromatic rings. The van der Waals surface area contributed by atoms with E-state index in [-0.39, 0.29) is 5.92 Å². The lowest BCUT2D eigenvalue weighted by Gasteiger charge is -2.28. The van der Waals surface area contributed by atoms with Crippen molar-refractivity contribution >= 4 is 11.7 Å². The van der Waals surface area contributed by atoms with Crippen LogP contribution in [0.25, 0.3) is 11.3 Å². The van der Waals surface area contributed by atoms with Crippen molar-refractivity contribution in [2.24, 2.45) is 0 Å². The van der Waals surface area contributed by atoms with Crippen molar-refractivity contribution in [3.8, 4) is 17.0 Å². The van der Waals surface area contributed by atoms with Crippen LogP contribution < -0.4 is 10.5 Å². The zero-order chi connectivity index (χ0) is 17.7. The predicted octanol–water partition coefficient (Wildman–Crippen LogP) is 2.71. The van der Waals surface area contributed by atoms with Crippen LogP contribution in [0.15, 0.2) is 23.0 Å². The van der Waals surface area contributed by atoms with Crippen LogP contribution in [-0.2, 0) is 6.42 Å². The molecule has 3 N–H and O–H groups in total. The van der Waals surface area contributed by atoms with Gasteiger partial charge in [0.25, 0.3) is 5.56 Å². The van der Waals surface area contributed by atoms with Crippen LogP contribution in [-0.4, -0.2) is 34.3 Å². The number of aromatic hydroxyl groups is 1. The van der Waals surface area contributed by atoms with Gasteiger partial charge in [-0.25, -0.2) is 4.79 Å². The Bertz CT molecular complexity index is 926. The number of anilines is 1. The predicted molar refractivity (Wildman–Crippen MR) is 94.7 cm³/mol. The lowest BCUT2D eigenvalue weighted by molar-refractivity contribution is 0.0691. The zero-order valence-corrected chi connectivity index (χ0v) is 14.0. The first-order valence-electron chi connectivity index (χ1n) is 8.58. The number of aromatic carboxylic acids is 1. The number of carboxylic acids is 1. The SMILES string of the molecule is CC1Cc2cc(N3CCCC3)ccc2-c2[nH]c(=O)c(C(=O)O)c(O)c21. The highest BCUT2D eigenvalue weighted by atomic mass is 16.4. The Kier molecular flexibility index (Phi) is 3.56. The highest BCUT2D eigenvalue weighted by molar-refractivity contribution is 5.92. The Morgan fingerprint density at radius 2 is 2.00 bits per heavy atom. The lowest BCUT2D eigenvalue weighted by Crippen LogP contribution is -2.23. The Labute approximate surface area is 144 Å². The summed E-state index contributed by atoms with van der Waals surface area (Å²) in [6, 6.07) is 6.15. The molecule has 130 valence electrons. The summed E-state index contributed by atoms with van der Waals surface area (Å²) in [6.07, 6.45) is 3.10. The second-order valence-corrected chi connectivity index (χ2v) is 6.91. The van der Waals surface area contributed by atoms with Gasteiger partial charge in [0.1, 0.15) is 5.75 Å². The smallest absolute Gasteiger partial charge is 0.345 e. The first-order chi connectivity index (χ1) is 12.0. The number of carboxylic acid groups (broad SMARTS) is 1. The molecule has 0 saturated carbocycles. The zero-order valence-electron chi connectivity index (χ0n) is 14.0. The van der Waals surface area contributed by atoms with Crippen molar-refractivity contribution in [1.82, 2.24) is 4.98 Å². The fraction of sp³-hybridized carbons (Fsp3) is 0.368. The molecule has 1 aromatic carbocycles. The number of H-pyrrole nitrogens is 1. The van der Waals surface area contributed by atoms with Crippen molar-refractivity contribution in [3.63, 3.8) is 0 Å². The number of aromatic nitrogens is 1. The molecule has 4 rings (SSSR count). The van der Waals surface area contributed by atoms with Crippen LogP contribution in [0.4, 0.5) is 5.69 Å². The van der Waals surface area contributed by atoms with Gasteiger partial charge in [-0.05, 0) is 42.9 Å². The highest BCUT2D eigenvalue weighted by Gasteiger charge is 2.30. The van der Waals surface area contributed by atoms with E-state index in [0.717, 1.165) is 24.2 Å². The van der Waals surface area contributed by atoms with Gasteiger partial charge < -0.3 is 20.1 Å². The number of hydrogen-bond acceptors (Lipinski definition) is 4. The lowest BCUT2D eigenvalue weighted by atomic mass is 9.81. The molecule has 1 aromatic heterocycles. The van der Waals surface area contributed by atoms with Gasteiger partial charge in [-0.1, -0.05) is 13.0 Å². The second kappa shape index (κ2) is 5.65. The fourth-order valence-electron chi connectivity index (χ4n) is 4.09. The normalized spacial score (nSPS) is 18.8. The number of nitrogens with zero attached hydrogens (tertiary/aromatic N) is 1. The first kappa shape index (κ1) is 15.7. The van der Waals surface area contributed by atoms with E-state index >= 15 is 0 Å². The average Bonchev–Trinajstić information content (AvgIpc) is 3.07. The third-order valence-electron chi connectivity index (χ3n) is 5.29. The molecule has 2 aliphatic rings. The van der Waals surface area contributed by atoms with Crippen LogP contribution >= 0.6 is 0 Å². The number of pyridine rings is 1. The van der Waals surface area contributed by atoms with Crippen molar-refractivity contribution in [3.05, 3.63) is 45.2 Å². The third-order valence-corrected chi connectivity index (χ3v) is 5.29. The maximum Gasteiger partial charge on any atom is 0.345 e. The molecule has 0 amide bonds. The van der Waals surface area contributed by atoms with E-state index in [9.17, 15) is 19.8 Å². The fourth-order valence-corrected chi connectivity index (χ4v) is 4.09. The molecule has 1 aliphatic carbocycles. The summed E-state index contributed by atoms with van der Waals surface area (Å²) >= 11 is 0. The van der Waals surface area contributed by atoms with Gasteiger partial charge >= 0.3 is 5.97 Å². The minimum Gasteiger partial charge on any atom is -0.506 e. The summed E-state index contributed by atoms with van der Waals surface area (Å²) in [5, 5.41) is 19.6. The van der Waals surface area contributed by atoms with Gasteiger partial charge in [-0.2, -0.15) is 0 Å². The van der Waals surface area contributed by atoms with Crippen molar-refractivity contribution in [2.45, 2.75) is 32.1 Å². The quantitative estimate of drug-likeness (QED) is 0.781. The van der Waals surface area contributed by atoms with E-state index in [1.807, 2.05) is 19.1 Å². The molecule has 0 radical (unpaired) electrons. The van der Waals surface area contributed by atoms with Gasteiger partial charge in [0.2, 0.25) is 0 Å². The topological polar surface area (TPSA) is 93.6 Å². The number of fused-ring (bicyclic) bond motifs is 3. The minimum absolute atomic E-state index is 0.0775. The van der Waals surface area contributed by atoms with Crippen molar-refractivity contribution in [1.29, 1.82) is 0 Å². The molecule has 0 spiro atoms. The van der Waals surface area contributed by atoms with Crippen molar-refractivity contribution in [2.75, 3.05) is 18.0 Å². The number of rotatable bonds is 2. The van der Waals surface area contributed by atoms with Gasteiger partial charge in [-0.3, -0.25) is 4.79 Å². The summed E-state index contributed by atoms with van der Waals surface area (Å²) in [6.45, 7) is 4.06.